The van der Waals surface area contributed by atoms with E-state index in [1.54, 1.807) is 0 Å². The fourth-order valence-corrected chi connectivity index (χ4v) is 2.20. The predicted octanol–water partition coefficient (Wildman–Crippen LogP) is 0.428. The molecule has 7 heteroatoms. The lowest BCUT2D eigenvalue weighted by atomic mass is 10.3. The largest absolute Gasteiger partial charge is 0.386 e. The molecule has 0 saturated carbocycles. The summed E-state index contributed by atoms with van der Waals surface area (Å²) in [5.74, 6) is -0.802. The highest BCUT2D eigenvalue weighted by Crippen LogP contribution is 2.09. The van der Waals surface area contributed by atoms with Crippen LogP contribution in [-0.4, -0.2) is 20.3 Å². The average molecular weight is 245 g/mol. The number of halogens is 1. The third-order valence-corrected chi connectivity index (χ3v) is 3.48. The number of benzene rings is 1. The van der Waals surface area contributed by atoms with Crippen molar-refractivity contribution in [3.63, 3.8) is 0 Å². The van der Waals surface area contributed by atoms with E-state index in [1.807, 2.05) is 0 Å². The van der Waals surface area contributed by atoms with Gasteiger partial charge in [0, 0.05) is 0 Å². The Morgan fingerprint density at radius 1 is 1.44 bits per heavy atom. The van der Waals surface area contributed by atoms with Crippen LogP contribution in [0.1, 0.15) is 6.92 Å². The third-order valence-electron chi connectivity index (χ3n) is 1.92. The summed E-state index contributed by atoms with van der Waals surface area (Å²) < 4.78 is 38.1. The van der Waals surface area contributed by atoms with Crippen LogP contribution in [0.15, 0.2) is 29.2 Å². The first-order chi connectivity index (χ1) is 7.33. The molecule has 0 aliphatic heterocycles. The van der Waals surface area contributed by atoms with Gasteiger partial charge in [0.25, 0.3) is 0 Å². The van der Waals surface area contributed by atoms with Gasteiger partial charge in [0.1, 0.15) is 11.7 Å². The Morgan fingerprint density at radius 3 is 2.38 bits per heavy atom. The van der Waals surface area contributed by atoms with Gasteiger partial charge < -0.3 is 5.73 Å². The molecule has 0 bridgehead atoms. The summed E-state index contributed by atoms with van der Waals surface area (Å²) in [4.78, 5) is -0.0676. The zero-order valence-electron chi connectivity index (χ0n) is 8.57. The molecule has 0 fully saturated rings. The second kappa shape index (κ2) is 4.58. The van der Waals surface area contributed by atoms with Crippen molar-refractivity contribution < 1.29 is 12.8 Å². The summed E-state index contributed by atoms with van der Waals surface area (Å²) in [6.45, 7) is 1.45. The number of sulfonamides is 1. The summed E-state index contributed by atoms with van der Waals surface area (Å²) >= 11 is 0. The Labute approximate surface area is 93.0 Å². The predicted molar refractivity (Wildman–Crippen MR) is 58.1 cm³/mol. The van der Waals surface area contributed by atoms with E-state index in [0.29, 0.717) is 0 Å². The van der Waals surface area contributed by atoms with Crippen LogP contribution in [0, 0.1) is 11.2 Å². The van der Waals surface area contributed by atoms with Crippen molar-refractivity contribution in [3.05, 3.63) is 30.1 Å². The van der Waals surface area contributed by atoms with Gasteiger partial charge in [-0.15, -0.1) is 0 Å². The number of hydrogen-bond acceptors (Lipinski definition) is 3. The monoisotopic (exact) mass is 245 g/mol. The first-order valence-corrected chi connectivity index (χ1v) is 5.93. The summed E-state index contributed by atoms with van der Waals surface area (Å²) in [5, 5.41) is 7.07. The van der Waals surface area contributed by atoms with Gasteiger partial charge in [0.15, 0.2) is 0 Å². The molecule has 4 N–H and O–H groups in total. The maximum Gasteiger partial charge on any atom is 0.241 e. The van der Waals surface area contributed by atoms with E-state index >= 15 is 0 Å². The molecule has 0 aliphatic carbocycles. The highest BCUT2D eigenvalue weighted by Gasteiger charge is 2.18. The molecule has 0 amide bonds. The van der Waals surface area contributed by atoms with Gasteiger partial charge in [0.2, 0.25) is 10.0 Å². The van der Waals surface area contributed by atoms with Crippen molar-refractivity contribution >= 4 is 15.9 Å². The Balaban J connectivity index is 2.94. The molecule has 0 spiro atoms. The second-order valence-corrected chi connectivity index (χ2v) is 4.97. The minimum atomic E-state index is -3.76. The number of nitrogens with two attached hydrogens (primary N) is 1. The van der Waals surface area contributed by atoms with Crippen LogP contribution in [0.4, 0.5) is 4.39 Å². The van der Waals surface area contributed by atoms with E-state index in [2.05, 4.69) is 4.72 Å². The van der Waals surface area contributed by atoms with E-state index < -0.39 is 21.9 Å². The molecule has 0 radical (unpaired) electrons. The van der Waals surface area contributed by atoms with Crippen LogP contribution in [0.2, 0.25) is 0 Å². The molecular weight excluding hydrogens is 233 g/mol. The van der Waals surface area contributed by atoms with E-state index in [-0.39, 0.29) is 10.7 Å². The van der Waals surface area contributed by atoms with Gasteiger partial charge in [-0.3, -0.25) is 5.41 Å². The van der Waals surface area contributed by atoms with Gasteiger partial charge in [-0.25, -0.2) is 17.5 Å². The lowest BCUT2D eigenvalue weighted by Gasteiger charge is -2.12. The number of hydrogen-bond donors (Lipinski definition) is 3. The minimum Gasteiger partial charge on any atom is -0.386 e. The Hall–Kier alpha value is -1.47. The number of nitrogens with one attached hydrogen (secondary N) is 2. The zero-order valence-corrected chi connectivity index (χ0v) is 9.38. The van der Waals surface area contributed by atoms with Crippen molar-refractivity contribution in [2.75, 3.05) is 0 Å². The van der Waals surface area contributed by atoms with Crippen molar-refractivity contribution in [3.8, 4) is 0 Å². The van der Waals surface area contributed by atoms with Crippen LogP contribution in [0.3, 0.4) is 0 Å². The van der Waals surface area contributed by atoms with Gasteiger partial charge in [-0.2, -0.15) is 0 Å². The van der Waals surface area contributed by atoms with Crippen molar-refractivity contribution in [1.82, 2.24) is 4.72 Å². The van der Waals surface area contributed by atoms with Gasteiger partial charge in [0.05, 0.1) is 10.9 Å². The highest BCUT2D eigenvalue weighted by molar-refractivity contribution is 7.89. The summed E-state index contributed by atoms with van der Waals surface area (Å²) in [6, 6.07) is 3.59. The minimum absolute atomic E-state index is 0.0676. The normalized spacial score (nSPS) is 13.4. The molecule has 1 rings (SSSR count). The molecule has 0 saturated heterocycles. The van der Waals surface area contributed by atoms with Crippen LogP contribution < -0.4 is 10.5 Å². The number of rotatable bonds is 4. The van der Waals surface area contributed by atoms with Gasteiger partial charge in [-0.05, 0) is 31.2 Å². The van der Waals surface area contributed by atoms with E-state index in [4.69, 9.17) is 11.1 Å². The standard InChI is InChI=1S/C9H12FN3O2S/c1-6(9(11)12)13-16(14,15)8-4-2-7(10)3-5-8/h2-6,13H,1H3,(H3,11,12). The third kappa shape index (κ3) is 3.01. The van der Waals surface area contributed by atoms with Crippen LogP contribution in [-0.2, 0) is 10.0 Å². The van der Waals surface area contributed by atoms with Crippen LogP contribution in [0.25, 0.3) is 0 Å². The molecule has 88 valence electrons. The lowest BCUT2D eigenvalue weighted by Crippen LogP contribution is -2.41. The van der Waals surface area contributed by atoms with E-state index in [0.717, 1.165) is 24.3 Å². The summed E-state index contributed by atoms with van der Waals surface area (Å²) in [5.41, 5.74) is 5.14. The molecule has 5 nitrogen and oxygen atoms in total. The molecule has 1 unspecified atom stereocenters. The lowest BCUT2D eigenvalue weighted by molar-refractivity contribution is 0.577. The molecule has 1 aromatic carbocycles. The first-order valence-electron chi connectivity index (χ1n) is 4.45. The SMILES string of the molecule is CC(NS(=O)(=O)c1ccc(F)cc1)C(=N)N. The van der Waals surface area contributed by atoms with Crippen molar-refractivity contribution in [2.45, 2.75) is 17.9 Å². The summed E-state index contributed by atoms with van der Waals surface area (Å²) in [6.07, 6.45) is 0. The molecule has 0 aliphatic rings. The maximum atomic E-state index is 12.6. The Kier molecular flexibility index (Phi) is 3.61. The molecular formula is C9H12FN3O2S. The summed E-state index contributed by atoms with van der Waals surface area (Å²) in [7, 11) is -3.76. The Bertz CT molecular complexity index is 484. The molecule has 1 atom stereocenters. The fraction of sp³-hybridized carbons (Fsp3) is 0.222. The maximum absolute atomic E-state index is 12.6. The quantitative estimate of drug-likeness (QED) is 0.530. The van der Waals surface area contributed by atoms with E-state index in [1.165, 1.54) is 6.92 Å². The van der Waals surface area contributed by atoms with Crippen molar-refractivity contribution in [2.24, 2.45) is 5.73 Å². The van der Waals surface area contributed by atoms with E-state index in [9.17, 15) is 12.8 Å². The first kappa shape index (κ1) is 12.6. The van der Waals surface area contributed by atoms with Gasteiger partial charge >= 0.3 is 0 Å². The molecule has 0 heterocycles. The topological polar surface area (TPSA) is 96.0 Å². The fourth-order valence-electron chi connectivity index (χ4n) is 0.978. The molecule has 16 heavy (non-hydrogen) atoms. The second-order valence-electron chi connectivity index (χ2n) is 3.25. The Morgan fingerprint density at radius 2 is 1.94 bits per heavy atom. The smallest absolute Gasteiger partial charge is 0.241 e. The average Bonchev–Trinajstić information content (AvgIpc) is 2.17. The number of amidine groups is 1. The molecule has 0 aromatic heterocycles. The van der Waals surface area contributed by atoms with Crippen LogP contribution in [0.5, 0.6) is 0 Å². The zero-order chi connectivity index (χ0) is 12.3. The molecule has 1 aromatic rings. The van der Waals surface area contributed by atoms with Crippen molar-refractivity contribution in [1.29, 1.82) is 5.41 Å². The van der Waals surface area contributed by atoms with Crippen LogP contribution >= 0.6 is 0 Å². The van der Waals surface area contributed by atoms with Gasteiger partial charge in [-0.1, -0.05) is 0 Å². The highest BCUT2D eigenvalue weighted by atomic mass is 32.2.